The Bertz CT molecular complexity index is 501. The molecule has 0 radical (unpaired) electrons. The summed E-state index contributed by atoms with van der Waals surface area (Å²) in [5.41, 5.74) is 1.54. The fraction of sp³-hybridized carbons (Fsp3) is 0.579. The van der Waals surface area contributed by atoms with E-state index in [-0.39, 0.29) is 5.41 Å². The summed E-state index contributed by atoms with van der Waals surface area (Å²) < 4.78 is 6.24. The minimum absolute atomic E-state index is 0.193. The largest absolute Gasteiger partial charge is 0.489 e. The molecule has 0 bridgehead atoms. The second-order valence-electron chi connectivity index (χ2n) is 6.72. The van der Waals surface area contributed by atoms with Gasteiger partial charge in [0.05, 0.1) is 5.25 Å². The van der Waals surface area contributed by atoms with Crippen LogP contribution in [0.15, 0.2) is 24.3 Å². The average molecular weight is 302 g/mol. The average Bonchev–Trinajstić information content (AvgIpc) is 2.46. The molecule has 0 aliphatic heterocycles. The lowest BCUT2D eigenvalue weighted by Gasteiger charge is -2.30. The minimum atomic E-state index is 0.193. The summed E-state index contributed by atoms with van der Waals surface area (Å²) in [6, 6.07) is 8.60. The molecular weight excluding hydrogens is 276 g/mol. The van der Waals surface area contributed by atoms with Crippen LogP contribution in [0, 0.1) is 11.2 Å². The summed E-state index contributed by atoms with van der Waals surface area (Å²) in [7, 11) is 0. The molecule has 0 saturated heterocycles. The van der Waals surface area contributed by atoms with Crippen molar-refractivity contribution in [3.63, 3.8) is 0 Å². The third-order valence-corrected chi connectivity index (χ3v) is 5.13. The zero-order valence-electron chi connectivity index (χ0n) is 13.6. The lowest BCUT2D eigenvalue weighted by Crippen LogP contribution is -2.32. The Labute approximate surface area is 133 Å². The van der Waals surface area contributed by atoms with Crippen molar-refractivity contribution in [2.24, 2.45) is 0 Å². The lowest BCUT2D eigenvalue weighted by molar-refractivity contribution is 0.162. The number of benzene rings is 1. The van der Waals surface area contributed by atoms with E-state index in [1.165, 1.54) is 24.8 Å². The number of ether oxygens (including phenoxy) is 1. The lowest BCUT2D eigenvalue weighted by atomic mass is 9.87. The number of hydrogen-bond acceptors (Lipinski definition) is 2. The van der Waals surface area contributed by atoms with Gasteiger partial charge in [0.25, 0.3) is 0 Å². The summed E-state index contributed by atoms with van der Waals surface area (Å²) in [6.45, 7) is 8.61. The van der Waals surface area contributed by atoms with E-state index in [0.29, 0.717) is 11.4 Å². The van der Waals surface area contributed by atoms with Crippen molar-refractivity contribution < 1.29 is 4.74 Å². The van der Waals surface area contributed by atoms with E-state index >= 15 is 0 Å². The van der Waals surface area contributed by atoms with Crippen molar-refractivity contribution in [3.8, 4) is 16.9 Å². The highest BCUT2D eigenvalue weighted by Gasteiger charge is 2.27. The van der Waals surface area contributed by atoms with Crippen molar-refractivity contribution in [3.05, 3.63) is 29.8 Å². The van der Waals surface area contributed by atoms with Gasteiger partial charge in [-0.1, -0.05) is 57.0 Å². The van der Waals surface area contributed by atoms with Gasteiger partial charge >= 0.3 is 0 Å². The van der Waals surface area contributed by atoms with Crippen LogP contribution in [-0.2, 0) is 5.41 Å². The summed E-state index contributed by atoms with van der Waals surface area (Å²) in [4.78, 5) is 0. The Morgan fingerprint density at radius 2 is 1.76 bits per heavy atom. The third-order valence-electron chi connectivity index (χ3n) is 3.96. The predicted molar refractivity (Wildman–Crippen MR) is 92.9 cm³/mol. The van der Waals surface area contributed by atoms with E-state index in [9.17, 15) is 0 Å². The van der Waals surface area contributed by atoms with E-state index in [0.717, 1.165) is 12.2 Å². The van der Waals surface area contributed by atoms with Gasteiger partial charge in [-0.2, -0.15) is 0 Å². The predicted octanol–water partition coefficient (Wildman–Crippen LogP) is 5.39. The van der Waals surface area contributed by atoms with Crippen molar-refractivity contribution in [1.29, 1.82) is 0 Å². The fourth-order valence-corrected chi connectivity index (χ4v) is 3.57. The summed E-state index contributed by atoms with van der Waals surface area (Å²) in [5, 5.41) is 3.66. The normalized spacial score (nSPS) is 22.3. The maximum Gasteiger partial charge on any atom is 0.119 e. The van der Waals surface area contributed by atoms with Crippen LogP contribution in [0.1, 0.15) is 58.9 Å². The zero-order valence-corrected chi connectivity index (χ0v) is 14.4. The van der Waals surface area contributed by atoms with E-state index in [2.05, 4.69) is 56.2 Å². The smallest absolute Gasteiger partial charge is 0.119 e. The van der Waals surface area contributed by atoms with Gasteiger partial charge in [0, 0.05) is 0 Å². The number of rotatable bonds is 3. The maximum atomic E-state index is 6.24. The van der Waals surface area contributed by atoms with Crippen LogP contribution >= 0.6 is 11.8 Å². The molecule has 2 atom stereocenters. The third kappa shape index (κ3) is 4.71. The molecule has 1 saturated carbocycles. The first kappa shape index (κ1) is 16.3. The topological polar surface area (TPSA) is 9.23 Å². The van der Waals surface area contributed by atoms with E-state index < -0.39 is 0 Å². The molecule has 1 aromatic rings. The number of hydrogen-bond donors (Lipinski definition) is 0. The molecule has 1 nitrogen and oxygen atoms in total. The Morgan fingerprint density at radius 1 is 1.10 bits per heavy atom. The molecule has 114 valence electrons. The van der Waals surface area contributed by atoms with Crippen molar-refractivity contribution in [2.45, 2.75) is 70.1 Å². The molecular formula is C19H26OS. The molecule has 1 aliphatic rings. The van der Waals surface area contributed by atoms with Crippen LogP contribution in [-0.4, -0.2) is 11.4 Å². The molecule has 2 heteroatoms. The molecule has 1 aliphatic carbocycles. The molecule has 0 aromatic heterocycles. The van der Waals surface area contributed by atoms with E-state index in [1.807, 2.05) is 6.92 Å². The first-order valence-corrected chi connectivity index (χ1v) is 8.73. The minimum Gasteiger partial charge on any atom is -0.489 e. The standard InChI is InChI=1S/C19H26OS/c1-5-14-21-18-9-7-6-8-17(18)20-16-12-10-15(11-13-16)19(2,3)4/h10-13,17-18H,6-9H2,1-4H3. The van der Waals surface area contributed by atoms with Crippen LogP contribution < -0.4 is 4.74 Å². The van der Waals surface area contributed by atoms with E-state index in [4.69, 9.17) is 4.74 Å². The number of thioether (sulfide) groups is 1. The van der Waals surface area contributed by atoms with E-state index in [1.54, 1.807) is 11.8 Å². The fourth-order valence-electron chi connectivity index (χ4n) is 2.68. The highest BCUT2D eigenvalue weighted by Crippen LogP contribution is 2.32. The Balaban J connectivity index is 2.03. The van der Waals surface area contributed by atoms with Crippen LogP contribution in [0.25, 0.3) is 0 Å². The van der Waals surface area contributed by atoms with Crippen LogP contribution in [0.4, 0.5) is 0 Å². The Hall–Kier alpha value is -1.07. The van der Waals surface area contributed by atoms with Gasteiger partial charge in [0.2, 0.25) is 0 Å². The highest BCUT2D eigenvalue weighted by atomic mass is 32.2. The Morgan fingerprint density at radius 3 is 2.38 bits per heavy atom. The molecule has 0 amide bonds. The second kappa shape index (κ2) is 7.27. The molecule has 2 rings (SSSR count). The van der Waals surface area contributed by atoms with Gasteiger partial charge in [0.15, 0.2) is 0 Å². The van der Waals surface area contributed by atoms with Gasteiger partial charge in [-0.05, 0) is 54.5 Å². The van der Waals surface area contributed by atoms with Crippen LogP contribution in [0.5, 0.6) is 5.75 Å². The first-order valence-electron chi connectivity index (χ1n) is 7.85. The van der Waals surface area contributed by atoms with Crippen LogP contribution in [0.3, 0.4) is 0 Å². The molecule has 21 heavy (non-hydrogen) atoms. The molecule has 0 spiro atoms. The van der Waals surface area contributed by atoms with Crippen molar-refractivity contribution in [2.75, 3.05) is 0 Å². The highest BCUT2D eigenvalue weighted by molar-refractivity contribution is 8.04. The second-order valence-corrected chi connectivity index (χ2v) is 7.77. The zero-order chi connectivity index (χ0) is 15.3. The van der Waals surface area contributed by atoms with Gasteiger partial charge in [0.1, 0.15) is 11.9 Å². The molecule has 2 unspecified atom stereocenters. The molecule has 1 fully saturated rings. The summed E-state index contributed by atoms with van der Waals surface area (Å²) in [6.07, 6.45) is 5.21. The monoisotopic (exact) mass is 302 g/mol. The van der Waals surface area contributed by atoms with Gasteiger partial charge in [-0.3, -0.25) is 0 Å². The van der Waals surface area contributed by atoms with Gasteiger partial charge in [-0.25, -0.2) is 0 Å². The summed E-state index contributed by atoms with van der Waals surface area (Å²) in [5.74, 6) is 3.97. The molecule has 1 aromatic carbocycles. The van der Waals surface area contributed by atoms with Crippen molar-refractivity contribution in [1.82, 2.24) is 0 Å². The molecule has 0 N–H and O–H groups in total. The van der Waals surface area contributed by atoms with Crippen molar-refractivity contribution >= 4 is 11.8 Å². The van der Waals surface area contributed by atoms with Gasteiger partial charge < -0.3 is 4.74 Å². The summed E-state index contributed by atoms with van der Waals surface area (Å²) >= 11 is 1.75. The van der Waals surface area contributed by atoms with Gasteiger partial charge in [-0.15, -0.1) is 0 Å². The quantitative estimate of drug-likeness (QED) is 0.692. The molecule has 0 heterocycles. The Kier molecular flexibility index (Phi) is 5.65. The van der Waals surface area contributed by atoms with Crippen LogP contribution in [0.2, 0.25) is 0 Å². The maximum absolute atomic E-state index is 6.24. The first-order chi connectivity index (χ1) is 10.0. The SMILES string of the molecule is CC#CSC1CCCCC1Oc1ccc(C(C)(C)C)cc1.